The van der Waals surface area contributed by atoms with Crippen molar-refractivity contribution in [3.8, 4) is 0 Å². The summed E-state index contributed by atoms with van der Waals surface area (Å²) in [7, 11) is 1.95. The number of hydrogen-bond donors (Lipinski definition) is 0. The molecule has 0 aliphatic heterocycles. The fraction of sp³-hybridized carbons (Fsp3) is 0.500. The van der Waals surface area contributed by atoms with Crippen molar-refractivity contribution in [3.63, 3.8) is 0 Å². The lowest BCUT2D eigenvalue weighted by Gasteiger charge is -2.09. The van der Waals surface area contributed by atoms with E-state index < -0.39 is 0 Å². The minimum Gasteiger partial charge on any atom is -0.465 e. The van der Waals surface area contributed by atoms with E-state index in [0.717, 1.165) is 18.1 Å². The van der Waals surface area contributed by atoms with Crippen molar-refractivity contribution in [2.45, 2.75) is 13.5 Å². The van der Waals surface area contributed by atoms with Crippen LogP contribution in [-0.4, -0.2) is 18.0 Å². The molecule has 0 fully saturated rings. The molecule has 3 heteroatoms. The summed E-state index contributed by atoms with van der Waals surface area (Å²) in [6, 6.07) is 4.45. The van der Waals surface area contributed by atoms with E-state index in [2.05, 4.69) is 0 Å². The zero-order valence-electron chi connectivity index (χ0n) is 6.80. The van der Waals surface area contributed by atoms with Gasteiger partial charge < -0.3 is 4.42 Å². The monoisotopic (exact) mass is 173 g/mol. The molecule has 62 valence electrons. The van der Waals surface area contributed by atoms with Crippen LogP contribution < -0.4 is 0 Å². The van der Waals surface area contributed by atoms with Crippen LogP contribution in [0.2, 0.25) is 0 Å². The maximum Gasteiger partial charge on any atom is 0.118 e. The lowest BCUT2D eigenvalue weighted by atomic mass is 10.4. The highest BCUT2D eigenvalue weighted by Crippen LogP contribution is 2.08. The summed E-state index contributed by atoms with van der Waals surface area (Å²) in [4.78, 5) is 1.97. The molecule has 1 aromatic rings. The number of furan rings is 1. The minimum absolute atomic E-state index is 0.528. The third-order valence-electron chi connectivity index (χ3n) is 1.43. The number of aryl methyl sites for hydroxylation is 1. The Balaban J connectivity index is 2.50. The Morgan fingerprint density at radius 3 is 2.73 bits per heavy atom. The van der Waals surface area contributed by atoms with Crippen LogP contribution in [0.25, 0.3) is 0 Å². The molecule has 0 amide bonds. The average molecular weight is 174 g/mol. The smallest absolute Gasteiger partial charge is 0.118 e. The standard InChI is InChI=1S/C8H12ClNO/c1-7-3-4-8(11-7)5-10(2)6-9/h3-4H,5-6H2,1-2H3. The van der Waals surface area contributed by atoms with Crippen LogP contribution in [0.1, 0.15) is 11.5 Å². The molecule has 0 radical (unpaired) electrons. The van der Waals surface area contributed by atoms with Crippen LogP contribution in [-0.2, 0) is 6.54 Å². The average Bonchev–Trinajstić information content (AvgIpc) is 2.35. The van der Waals surface area contributed by atoms with E-state index in [1.807, 2.05) is 31.0 Å². The van der Waals surface area contributed by atoms with Crippen molar-refractivity contribution in [2.75, 3.05) is 13.1 Å². The second-order valence-corrected chi connectivity index (χ2v) is 2.89. The second kappa shape index (κ2) is 3.79. The highest BCUT2D eigenvalue weighted by molar-refractivity contribution is 6.17. The Labute approximate surface area is 71.7 Å². The zero-order chi connectivity index (χ0) is 8.27. The summed E-state index contributed by atoms with van der Waals surface area (Å²) in [5.74, 6) is 1.91. The number of alkyl halides is 1. The Morgan fingerprint density at radius 2 is 2.27 bits per heavy atom. The topological polar surface area (TPSA) is 16.4 Å². The molecule has 1 heterocycles. The summed E-state index contributed by atoms with van der Waals surface area (Å²) in [6.45, 7) is 2.71. The van der Waals surface area contributed by atoms with E-state index in [9.17, 15) is 0 Å². The number of nitrogens with zero attached hydrogens (tertiary/aromatic N) is 1. The third-order valence-corrected chi connectivity index (χ3v) is 1.83. The van der Waals surface area contributed by atoms with Crippen molar-refractivity contribution in [1.82, 2.24) is 4.90 Å². The van der Waals surface area contributed by atoms with Gasteiger partial charge in [-0.25, -0.2) is 0 Å². The van der Waals surface area contributed by atoms with Gasteiger partial charge in [0.05, 0.1) is 12.5 Å². The lowest BCUT2D eigenvalue weighted by Crippen LogP contribution is -2.14. The van der Waals surface area contributed by atoms with Gasteiger partial charge in [-0.15, -0.1) is 11.6 Å². The number of rotatable bonds is 3. The molecular formula is C8H12ClNO. The summed E-state index contributed by atoms with van der Waals surface area (Å²) in [6.07, 6.45) is 0. The Morgan fingerprint density at radius 1 is 1.55 bits per heavy atom. The molecule has 0 saturated heterocycles. The SMILES string of the molecule is Cc1ccc(CN(C)CCl)o1. The molecule has 0 spiro atoms. The lowest BCUT2D eigenvalue weighted by molar-refractivity contribution is 0.332. The molecule has 0 saturated carbocycles. The van der Waals surface area contributed by atoms with Gasteiger partial charge in [0.1, 0.15) is 11.5 Å². The summed E-state index contributed by atoms with van der Waals surface area (Å²) < 4.78 is 5.36. The molecular weight excluding hydrogens is 162 g/mol. The predicted octanol–water partition coefficient (Wildman–Crippen LogP) is 2.22. The van der Waals surface area contributed by atoms with Gasteiger partial charge in [-0.05, 0) is 26.1 Å². The van der Waals surface area contributed by atoms with Gasteiger partial charge in [0.15, 0.2) is 0 Å². The summed E-state index contributed by atoms with van der Waals surface area (Å²) in [5.41, 5.74) is 0. The molecule has 2 nitrogen and oxygen atoms in total. The molecule has 0 aliphatic carbocycles. The molecule has 0 aromatic carbocycles. The van der Waals surface area contributed by atoms with Crippen molar-refractivity contribution >= 4 is 11.6 Å². The Kier molecular flexibility index (Phi) is 2.97. The molecule has 0 unspecified atom stereocenters. The molecule has 1 rings (SSSR count). The maximum atomic E-state index is 5.59. The Bertz CT molecular complexity index is 222. The van der Waals surface area contributed by atoms with E-state index in [-0.39, 0.29) is 0 Å². The van der Waals surface area contributed by atoms with Gasteiger partial charge >= 0.3 is 0 Å². The van der Waals surface area contributed by atoms with Crippen molar-refractivity contribution < 1.29 is 4.42 Å². The van der Waals surface area contributed by atoms with Crippen LogP contribution in [0, 0.1) is 6.92 Å². The van der Waals surface area contributed by atoms with E-state index in [4.69, 9.17) is 16.0 Å². The van der Waals surface area contributed by atoms with Crippen molar-refractivity contribution in [1.29, 1.82) is 0 Å². The third kappa shape index (κ3) is 2.56. The second-order valence-electron chi connectivity index (χ2n) is 2.65. The van der Waals surface area contributed by atoms with Gasteiger partial charge in [0, 0.05) is 0 Å². The molecule has 11 heavy (non-hydrogen) atoms. The first kappa shape index (κ1) is 8.62. The largest absolute Gasteiger partial charge is 0.465 e. The van der Waals surface area contributed by atoms with Gasteiger partial charge in [0.2, 0.25) is 0 Å². The van der Waals surface area contributed by atoms with Crippen LogP contribution in [0.15, 0.2) is 16.5 Å². The number of halogens is 1. The predicted molar refractivity (Wildman–Crippen MR) is 45.6 cm³/mol. The molecule has 0 N–H and O–H groups in total. The molecule has 0 aliphatic rings. The van der Waals surface area contributed by atoms with Crippen molar-refractivity contribution in [2.24, 2.45) is 0 Å². The molecule has 0 bridgehead atoms. The first-order chi connectivity index (χ1) is 5.22. The quantitative estimate of drug-likeness (QED) is 0.515. The van der Waals surface area contributed by atoms with Gasteiger partial charge in [-0.2, -0.15) is 0 Å². The van der Waals surface area contributed by atoms with Gasteiger partial charge in [-0.1, -0.05) is 0 Å². The normalized spacial score (nSPS) is 10.9. The van der Waals surface area contributed by atoms with Gasteiger partial charge in [-0.3, -0.25) is 4.90 Å². The highest BCUT2D eigenvalue weighted by Gasteiger charge is 2.01. The summed E-state index contributed by atoms with van der Waals surface area (Å²) >= 11 is 5.59. The van der Waals surface area contributed by atoms with Crippen LogP contribution in [0.4, 0.5) is 0 Å². The fourth-order valence-corrected chi connectivity index (χ4v) is 0.963. The van der Waals surface area contributed by atoms with Crippen LogP contribution in [0.3, 0.4) is 0 Å². The molecule has 1 aromatic heterocycles. The van der Waals surface area contributed by atoms with E-state index in [0.29, 0.717) is 6.00 Å². The number of hydrogen-bond acceptors (Lipinski definition) is 2. The van der Waals surface area contributed by atoms with Crippen molar-refractivity contribution in [3.05, 3.63) is 23.7 Å². The van der Waals surface area contributed by atoms with Crippen LogP contribution in [0.5, 0.6) is 0 Å². The van der Waals surface area contributed by atoms with Gasteiger partial charge in [0.25, 0.3) is 0 Å². The first-order valence-electron chi connectivity index (χ1n) is 3.52. The maximum absolute atomic E-state index is 5.59. The van der Waals surface area contributed by atoms with E-state index in [1.54, 1.807) is 0 Å². The van der Waals surface area contributed by atoms with Crippen LogP contribution >= 0.6 is 11.6 Å². The first-order valence-corrected chi connectivity index (χ1v) is 4.05. The zero-order valence-corrected chi connectivity index (χ0v) is 7.56. The fourth-order valence-electron chi connectivity index (χ4n) is 0.878. The van der Waals surface area contributed by atoms with E-state index >= 15 is 0 Å². The highest BCUT2D eigenvalue weighted by atomic mass is 35.5. The minimum atomic E-state index is 0.528. The molecule has 0 atom stereocenters. The van der Waals surface area contributed by atoms with E-state index in [1.165, 1.54) is 0 Å². The summed E-state index contributed by atoms with van der Waals surface area (Å²) in [5, 5.41) is 0. The Hall–Kier alpha value is -0.470.